The molecule has 0 aliphatic carbocycles. The normalized spacial score (nSPS) is 22.2. The van der Waals surface area contributed by atoms with E-state index in [9.17, 15) is 40.5 Å². The third-order valence-corrected chi connectivity index (χ3v) is 11.7. The van der Waals surface area contributed by atoms with Gasteiger partial charge in [0.2, 0.25) is 5.91 Å². The molecule has 1 aliphatic heterocycles. The van der Waals surface area contributed by atoms with E-state index in [1.165, 1.54) is 135 Å². The predicted octanol–water partition coefficient (Wildman–Crippen LogP) is 7.50. The van der Waals surface area contributed by atoms with Crippen molar-refractivity contribution in [3.63, 3.8) is 0 Å². The maximum absolute atomic E-state index is 13.1. The molecule has 0 saturated carbocycles. The molecule has 1 saturated heterocycles. The van der Waals surface area contributed by atoms with Gasteiger partial charge < -0.3 is 50.5 Å². The zero-order valence-electron chi connectivity index (χ0n) is 35.9. The Morgan fingerprint density at radius 3 is 1.32 bits per heavy atom. The molecule has 11 nitrogen and oxygen atoms in total. The van der Waals surface area contributed by atoms with Crippen LogP contribution >= 0.6 is 0 Å². The average molecular weight is 804 g/mol. The Morgan fingerprint density at radius 1 is 0.554 bits per heavy atom. The lowest BCUT2D eigenvalue weighted by atomic mass is 9.98. The van der Waals surface area contributed by atoms with Crippen molar-refractivity contribution in [1.29, 1.82) is 0 Å². The van der Waals surface area contributed by atoms with Crippen LogP contribution in [0.25, 0.3) is 0 Å². The van der Waals surface area contributed by atoms with Gasteiger partial charge in [-0.2, -0.15) is 0 Å². The second-order valence-electron chi connectivity index (χ2n) is 16.8. The van der Waals surface area contributed by atoms with Gasteiger partial charge in [-0.15, -0.1) is 0 Å². The minimum atomic E-state index is -1.65. The maximum atomic E-state index is 13.1. The second kappa shape index (κ2) is 36.0. The van der Waals surface area contributed by atoms with Gasteiger partial charge in [-0.3, -0.25) is 4.79 Å². The van der Waals surface area contributed by atoms with E-state index in [4.69, 9.17) is 9.47 Å². The highest BCUT2D eigenvalue weighted by molar-refractivity contribution is 5.80. The largest absolute Gasteiger partial charge is 0.394 e. The number of carbonyl (C=O) groups excluding carboxylic acids is 1. The number of carbonyl (C=O) groups is 1. The van der Waals surface area contributed by atoms with Crippen molar-refractivity contribution in [1.82, 2.24) is 5.32 Å². The number of hydrogen-bond acceptors (Lipinski definition) is 10. The Labute approximate surface area is 341 Å². The van der Waals surface area contributed by atoms with Crippen LogP contribution in [-0.2, 0) is 14.3 Å². The summed E-state index contributed by atoms with van der Waals surface area (Å²) in [7, 11) is 0. The predicted molar refractivity (Wildman–Crippen MR) is 224 cm³/mol. The summed E-state index contributed by atoms with van der Waals surface area (Å²) in [6.45, 7) is 3.42. The number of amides is 1. The summed E-state index contributed by atoms with van der Waals surface area (Å²) in [6.07, 6.45) is 24.5. The third-order valence-electron chi connectivity index (χ3n) is 11.7. The van der Waals surface area contributed by atoms with Gasteiger partial charge >= 0.3 is 0 Å². The molecular weight excluding hydrogens is 714 g/mol. The molecule has 334 valence electrons. The summed E-state index contributed by atoms with van der Waals surface area (Å²) < 4.78 is 11.1. The van der Waals surface area contributed by atoms with Crippen molar-refractivity contribution < 1.29 is 50.0 Å². The minimum absolute atomic E-state index is 0.266. The number of rotatable bonds is 39. The van der Waals surface area contributed by atoms with Crippen LogP contribution in [0.3, 0.4) is 0 Å². The van der Waals surface area contributed by atoms with E-state index in [1.807, 2.05) is 0 Å². The van der Waals surface area contributed by atoms with Gasteiger partial charge in [0.1, 0.15) is 36.6 Å². The fourth-order valence-electron chi connectivity index (χ4n) is 7.74. The molecule has 0 radical (unpaired) electrons. The molecule has 56 heavy (non-hydrogen) atoms. The number of aliphatic hydroxyl groups is 7. The Hall–Kier alpha value is -0.890. The van der Waals surface area contributed by atoms with Crippen LogP contribution in [0.4, 0.5) is 0 Å². The van der Waals surface area contributed by atoms with Crippen LogP contribution in [0.15, 0.2) is 0 Å². The highest BCUT2D eigenvalue weighted by atomic mass is 16.7. The van der Waals surface area contributed by atoms with Crippen LogP contribution in [0.5, 0.6) is 0 Å². The molecular formula is C45H89NO10. The molecule has 1 rings (SSSR count). The first-order valence-corrected chi connectivity index (χ1v) is 23.4. The lowest BCUT2D eigenvalue weighted by Crippen LogP contribution is -2.60. The number of nitrogens with one attached hydrogen (secondary N) is 1. The van der Waals surface area contributed by atoms with E-state index in [0.717, 1.165) is 38.5 Å². The molecule has 0 aromatic carbocycles. The quantitative estimate of drug-likeness (QED) is 0.0289. The van der Waals surface area contributed by atoms with Crippen LogP contribution in [0.1, 0.15) is 213 Å². The van der Waals surface area contributed by atoms with Crippen LogP contribution < -0.4 is 5.32 Å². The van der Waals surface area contributed by atoms with Gasteiger partial charge in [-0.25, -0.2) is 0 Å². The second-order valence-corrected chi connectivity index (χ2v) is 16.8. The van der Waals surface area contributed by atoms with Crippen LogP contribution in [0.2, 0.25) is 0 Å². The molecule has 0 spiro atoms. The molecule has 0 unspecified atom stereocenters. The number of aliphatic hydroxyl groups excluding tert-OH is 7. The standard InChI is InChI=1S/C45H89NO10/c1-3-5-7-9-11-13-14-15-16-17-18-19-20-21-22-23-25-27-29-31-33-38(49)44(54)46-36(35-55-45-43(53)42(52)41(51)39(34-47)56-45)40(50)37(48)32-30-28-26-24-12-10-8-6-4-2/h36-43,45,47-53H,3-35H2,1-2H3,(H,46,54)/t36-,37+,38+,39+,40-,41-,42-,43+,45-/m0/s1. The highest BCUT2D eigenvalue weighted by Gasteiger charge is 2.44. The molecule has 9 atom stereocenters. The summed E-state index contributed by atoms with van der Waals surface area (Å²) >= 11 is 0. The fourth-order valence-corrected chi connectivity index (χ4v) is 7.74. The summed E-state index contributed by atoms with van der Waals surface area (Å²) in [5.74, 6) is -0.695. The van der Waals surface area contributed by atoms with E-state index >= 15 is 0 Å². The van der Waals surface area contributed by atoms with Crippen molar-refractivity contribution in [3.05, 3.63) is 0 Å². The van der Waals surface area contributed by atoms with E-state index in [0.29, 0.717) is 19.3 Å². The third kappa shape index (κ3) is 25.6. The summed E-state index contributed by atoms with van der Waals surface area (Å²) in [5, 5.41) is 75.5. The van der Waals surface area contributed by atoms with E-state index in [1.54, 1.807) is 0 Å². The Morgan fingerprint density at radius 2 is 0.929 bits per heavy atom. The molecule has 1 heterocycles. The van der Waals surface area contributed by atoms with Gasteiger partial charge in [-0.1, -0.05) is 200 Å². The van der Waals surface area contributed by atoms with E-state index in [2.05, 4.69) is 19.2 Å². The maximum Gasteiger partial charge on any atom is 0.249 e. The molecule has 1 amide bonds. The Kier molecular flexibility index (Phi) is 34.2. The SMILES string of the molecule is CCCCCCCCCCCCCCCCCCCCCC[C@@H](O)C(=O)N[C@@H](CO[C@H]1O[C@H](CO)[C@H](O)[C@H](O)[C@H]1O)[C@H](O)[C@H](O)CCCCCCCCCCC. The topological polar surface area (TPSA) is 189 Å². The first-order chi connectivity index (χ1) is 27.2. The molecule has 8 N–H and O–H groups in total. The van der Waals surface area contributed by atoms with Gasteiger partial charge in [-0.05, 0) is 12.8 Å². The lowest BCUT2D eigenvalue weighted by molar-refractivity contribution is -0.303. The summed E-state index contributed by atoms with van der Waals surface area (Å²) in [4.78, 5) is 13.1. The number of hydrogen-bond donors (Lipinski definition) is 8. The lowest BCUT2D eigenvalue weighted by Gasteiger charge is -2.40. The number of ether oxygens (including phenoxy) is 2. The zero-order valence-corrected chi connectivity index (χ0v) is 35.9. The van der Waals surface area contributed by atoms with Crippen molar-refractivity contribution in [3.8, 4) is 0 Å². The molecule has 0 aromatic rings. The van der Waals surface area contributed by atoms with Crippen molar-refractivity contribution in [2.75, 3.05) is 13.2 Å². The zero-order chi connectivity index (χ0) is 41.2. The van der Waals surface area contributed by atoms with E-state index < -0.39 is 74.2 Å². The van der Waals surface area contributed by atoms with Crippen molar-refractivity contribution in [2.24, 2.45) is 0 Å². The smallest absolute Gasteiger partial charge is 0.249 e. The van der Waals surface area contributed by atoms with Crippen LogP contribution in [0, 0.1) is 0 Å². The Bertz CT molecular complexity index is 882. The van der Waals surface area contributed by atoms with Gasteiger partial charge in [0.25, 0.3) is 0 Å². The summed E-state index contributed by atoms with van der Waals surface area (Å²) in [6, 6.07) is -1.16. The van der Waals surface area contributed by atoms with Gasteiger partial charge in [0.05, 0.1) is 25.4 Å². The molecule has 0 aromatic heterocycles. The molecule has 0 bridgehead atoms. The average Bonchev–Trinajstić information content (AvgIpc) is 3.20. The fraction of sp³-hybridized carbons (Fsp3) is 0.978. The molecule has 1 aliphatic rings. The van der Waals surface area contributed by atoms with Crippen molar-refractivity contribution in [2.45, 2.75) is 268 Å². The van der Waals surface area contributed by atoms with Crippen molar-refractivity contribution >= 4 is 5.91 Å². The number of unbranched alkanes of at least 4 members (excludes halogenated alkanes) is 27. The van der Waals surface area contributed by atoms with E-state index in [-0.39, 0.29) is 6.42 Å². The van der Waals surface area contributed by atoms with Gasteiger partial charge in [0, 0.05) is 0 Å². The monoisotopic (exact) mass is 804 g/mol. The molecule has 11 heteroatoms. The first kappa shape index (κ1) is 53.1. The Balaban J connectivity index is 2.36. The van der Waals surface area contributed by atoms with Gasteiger partial charge in [0.15, 0.2) is 6.29 Å². The summed E-state index contributed by atoms with van der Waals surface area (Å²) in [5.41, 5.74) is 0. The minimum Gasteiger partial charge on any atom is -0.394 e. The highest BCUT2D eigenvalue weighted by Crippen LogP contribution is 2.23. The van der Waals surface area contributed by atoms with Crippen LogP contribution in [-0.4, -0.2) is 110 Å². The first-order valence-electron chi connectivity index (χ1n) is 23.4. The molecule has 1 fully saturated rings.